The Labute approximate surface area is 153 Å². The summed E-state index contributed by atoms with van der Waals surface area (Å²) in [7, 11) is 0. The van der Waals surface area contributed by atoms with Gasteiger partial charge in [-0.15, -0.1) is 0 Å². The van der Waals surface area contributed by atoms with Crippen LogP contribution in [0.5, 0.6) is 0 Å². The van der Waals surface area contributed by atoms with Crippen molar-refractivity contribution >= 4 is 39.2 Å². The van der Waals surface area contributed by atoms with E-state index in [-0.39, 0.29) is 23.4 Å². The lowest BCUT2D eigenvalue weighted by Crippen LogP contribution is -2.33. The van der Waals surface area contributed by atoms with Crippen LogP contribution in [-0.2, 0) is 0 Å². The predicted molar refractivity (Wildman–Crippen MR) is 96.3 cm³/mol. The molecule has 0 radical (unpaired) electrons. The molecule has 122 valence electrons. The van der Waals surface area contributed by atoms with Gasteiger partial charge in [0.1, 0.15) is 0 Å². The molecule has 0 saturated heterocycles. The highest BCUT2D eigenvalue weighted by Gasteiger charge is 2.40. The largest absolute Gasteiger partial charge is 0.545 e. The highest BCUT2D eigenvalue weighted by atomic mass is 79.9. The number of carbonyl (C=O) groups excluding carboxylic acids is 1. The lowest BCUT2D eigenvalue weighted by molar-refractivity contribution is -0.255. The summed E-state index contributed by atoms with van der Waals surface area (Å²) in [6.45, 7) is 0. The number of anilines is 1. The highest BCUT2D eigenvalue weighted by molar-refractivity contribution is 9.10. The van der Waals surface area contributed by atoms with Gasteiger partial charge in [-0.25, -0.2) is 0 Å². The smallest absolute Gasteiger partial charge is 0.0719 e. The minimum absolute atomic E-state index is 0.0248. The third-order valence-electron chi connectivity index (χ3n) is 4.90. The first-order valence-electron chi connectivity index (χ1n) is 7.78. The second-order valence-corrected chi connectivity index (χ2v) is 7.52. The second-order valence-electron chi connectivity index (χ2n) is 6.20. The van der Waals surface area contributed by atoms with Gasteiger partial charge in [0.15, 0.2) is 0 Å². The Kier molecular flexibility index (Phi) is 3.89. The molecule has 4 rings (SSSR count). The van der Waals surface area contributed by atoms with Gasteiger partial charge in [-0.2, -0.15) is 0 Å². The minimum Gasteiger partial charge on any atom is -0.545 e. The molecule has 0 spiro atoms. The van der Waals surface area contributed by atoms with Gasteiger partial charge in [-0.05, 0) is 41.7 Å². The van der Waals surface area contributed by atoms with E-state index >= 15 is 0 Å². The zero-order chi connectivity index (χ0) is 16.8. The van der Waals surface area contributed by atoms with Gasteiger partial charge in [-0.1, -0.05) is 57.9 Å². The van der Waals surface area contributed by atoms with Crippen molar-refractivity contribution in [3.8, 4) is 0 Å². The first kappa shape index (κ1) is 15.7. The summed E-state index contributed by atoms with van der Waals surface area (Å²) in [5.74, 6) is -0.884. The van der Waals surface area contributed by atoms with E-state index in [4.69, 9.17) is 11.6 Å². The summed E-state index contributed by atoms with van der Waals surface area (Å²) in [6.07, 6.45) is 5.11. The number of fused-ring (bicyclic) bond motifs is 3. The molecule has 1 aliphatic carbocycles. The van der Waals surface area contributed by atoms with Gasteiger partial charge >= 0.3 is 0 Å². The number of hydrogen-bond acceptors (Lipinski definition) is 3. The van der Waals surface area contributed by atoms with Crippen LogP contribution in [0.3, 0.4) is 0 Å². The summed E-state index contributed by atoms with van der Waals surface area (Å²) in [5.41, 5.74) is 2.82. The van der Waals surface area contributed by atoms with Crippen molar-refractivity contribution in [1.82, 2.24) is 0 Å². The van der Waals surface area contributed by atoms with E-state index in [1.165, 1.54) is 0 Å². The summed E-state index contributed by atoms with van der Waals surface area (Å²) < 4.78 is 1.02. The first-order valence-corrected chi connectivity index (χ1v) is 8.96. The van der Waals surface area contributed by atoms with Crippen LogP contribution in [0.25, 0.3) is 0 Å². The number of carboxylic acid groups (broad SMARTS) is 1. The SMILES string of the molecule is O=C([O-])c1ccc(Cl)c2c1[C@H]1C=CC[C@H]1[C@@H](c1cccc(Br)c1)N2. The first-order chi connectivity index (χ1) is 11.6. The van der Waals surface area contributed by atoms with E-state index in [0.717, 1.165) is 22.0 Å². The van der Waals surface area contributed by atoms with Crippen LogP contribution < -0.4 is 10.4 Å². The molecule has 0 aromatic heterocycles. The normalized spacial score (nSPS) is 24.2. The quantitative estimate of drug-likeness (QED) is 0.761. The van der Waals surface area contributed by atoms with Crippen molar-refractivity contribution in [3.63, 3.8) is 0 Å². The molecule has 1 aliphatic heterocycles. The zero-order valence-electron chi connectivity index (χ0n) is 12.6. The van der Waals surface area contributed by atoms with E-state index in [1.54, 1.807) is 12.1 Å². The highest BCUT2D eigenvalue weighted by Crippen LogP contribution is 2.52. The van der Waals surface area contributed by atoms with Gasteiger partial charge in [0, 0.05) is 16.0 Å². The van der Waals surface area contributed by atoms with Crippen molar-refractivity contribution in [2.24, 2.45) is 5.92 Å². The number of carboxylic acids is 1. The molecule has 3 nitrogen and oxygen atoms in total. The Bertz CT molecular complexity index is 864. The average Bonchev–Trinajstić information content (AvgIpc) is 3.04. The van der Waals surface area contributed by atoms with Crippen LogP contribution in [0.15, 0.2) is 53.0 Å². The standard InChI is InChI=1S/C19H15BrClNO2/c20-11-4-1-3-10(9-11)17-13-6-2-5-12(13)16-14(19(23)24)7-8-15(21)18(16)22-17/h1-5,7-9,12-13,17,22H,6H2,(H,23,24)/p-1/t12-,13+,17+/m0/s1. The molecule has 2 aromatic rings. The minimum atomic E-state index is -1.16. The van der Waals surface area contributed by atoms with Gasteiger partial charge in [0.2, 0.25) is 0 Å². The van der Waals surface area contributed by atoms with Crippen molar-refractivity contribution < 1.29 is 9.90 Å². The van der Waals surface area contributed by atoms with E-state index in [1.807, 2.05) is 12.1 Å². The summed E-state index contributed by atoms with van der Waals surface area (Å²) in [6, 6.07) is 11.4. The monoisotopic (exact) mass is 402 g/mol. The number of rotatable bonds is 2. The fourth-order valence-electron chi connectivity index (χ4n) is 3.88. The fourth-order valence-corrected chi connectivity index (χ4v) is 4.52. The Morgan fingerprint density at radius 3 is 2.88 bits per heavy atom. The number of nitrogens with one attached hydrogen (secondary N) is 1. The van der Waals surface area contributed by atoms with Crippen LogP contribution in [-0.4, -0.2) is 5.97 Å². The molecule has 5 heteroatoms. The molecule has 0 saturated carbocycles. The summed E-state index contributed by atoms with van der Waals surface area (Å²) in [5, 5.41) is 15.6. The molecule has 0 unspecified atom stereocenters. The number of hydrogen-bond donors (Lipinski definition) is 1. The molecule has 2 aliphatic rings. The maximum atomic E-state index is 11.6. The average molecular weight is 404 g/mol. The van der Waals surface area contributed by atoms with Gasteiger partial charge < -0.3 is 15.2 Å². The third kappa shape index (κ3) is 2.45. The molecule has 1 N–H and O–H groups in total. The molecule has 2 aromatic carbocycles. The van der Waals surface area contributed by atoms with Crippen molar-refractivity contribution in [1.29, 1.82) is 0 Å². The van der Waals surface area contributed by atoms with Crippen LogP contribution in [0.4, 0.5) is 5.69 Å². The van der Waals surface area contributed by atoms with Gasteiger partial charge in [-0.3, -0.25) is 0 Å². The van der Waals surface area contributed by atoms with Crippen molar-refractivity contribution in [2.75, 3.05) is 5.32 Å². The van der Waals surface area contributed by atoms with Crippen molar-refractivity contribution in [3.05, 3.63) is 74.7 Å². The summed E-state index contributed by atoms with van der Waals surface area (Å²) in [4.78, 5) is 11.6. The number of halogens is 2. The van der Waals surface area contributed by atoms with E-state index in [2.05, 4.69) is 45.5 Å². The number of benzene rings is 2. The van der Waals surface area contributed by atoms with Gasteiger partial charge in [0.05, 0.1) is 22.7 Å². The molecule has 24 heavy (non-hydrogen) atoms. The third-order valence-corrected chi connectivity index (χ3v) is 5.70. The fraction of sp³-hybridized carbons (Fsp3) is 0.211. The Balaban J connectivity index is 1.88. The van der Waals surface area contributed by atoms with E-state index in [9.17, 15) is 9.90 Å². The molecular weight excluding hydrogens is 390 g/mol. The Morgan fingerprint density at radius 2 is 2.12 bits per heavy atom. The molecule has 3 atom stereocenters. The number of carbonyl (C=O) groups is 1. The van der Waals surface area contributed by atoms with Crippen LogP contribution in [0, 0.1) is 5.92 Å². The Morgan fingerprint density at radius 1 is 1.29 bits per heavy atom. The maximum Gasteiger partial charge on any atom is 0.0719 e. The zero-order valence-corrected chi connectivity index (χ0v) is 15.0. The lowest BCUT2D eigenvalue weighted by Gasteiger charge is -2.39. The van der Waals surface area contributed by atoms with Crippen LogP contribution in [0.1, 0.15) is 39.9 Å². The van der Waals surface area contributed by atoms with Gasteiger partial charge in [0.25, 0.3) is 0 Å². The molecule has 1 heterocycles. The lowest BCUT2D eigenvalue weighted by atomic mass is 9.75. The maximum absolute atomic E-state index is 11.6. The van der Waals surface area contributed by atoms with Crippen molar-refractivity contribution in [2.45, 2.75) is 18.4 Å². The second kappa shape index (κ2) is 5.94. The predicted octanol–water partition coefficient (Wildman–Crippen LogP) is 4.29. The molecular formula is C19H14BrClNO2-. The van der Waals surface area contributed by atoms with Crippen LogP contribution in [0.2, 0.25) is 5.02 Å². The molecule has 0 fully saturated rings. The molecule has 0 amide bonds. The summed E-state index contributed by atoms with van der Waals surface area (Å²) >= 11 is 9.91. The Hall–Kier alpha value is -1.78. The van der Waals surface area contributed by atoms with Crippen LogP contribution >= 0.6 is 27.5 Å². The topological polar surface area (TPSA) is 52.2 Å². The molecule has 0 bridgehead atoms. The van der Waals surface area contributed by atoms with E-state index in [0.29, 0.717) is 10.7 Å². The number of aromatic carboxylic acids is 1. The van der Waals surface area contributed by atoms with E-state index < -0.39 is 5.97 Å². The number of allylic oxidation sites excluding steroid dienone is 2.